The molecule has 0 saturated carbocycles. The van der Waals surface area contributed by atoms with Crippen molar-refractivity contribution in [3.05, 3.63) is 65.5 Å². The van der Waals surface area contributed by atoms with Crippen molar-refractivity contribution in [1.82, 2.24) is 24.7 Å². The van der Waals surface area contributed by atoms with Gasteiger partial charge in [0.1, 0.15) is 11.9 Å². The number of ether oxygens (including phenoxy) is 1. The highest BCUT2D eigenvalue weighted by Gasteiger charge is 2.39. The van der Waals surface area contributed by atoms with Crippen LogP contribution in [0.3, 0.4) is 0 Å². The summed E-state index contributed by atoms with van der Waals surface area (Å²) in [5, 5.41) is 18.8. The van der Waals surface area contributed by atoms with E-state index in [0.29, 0.717) is 24.2 Å². The lowest BCUT2D eigenvalue weighted by molar-refractivity contribution is 0.0257. The quantitative estimate of drug-likeness (QED) is 0.558. The Kier molecular flexibility index (Phi) is 5.86. The first-order chi connectivity index (χ1) is 17.0. The largest absolute Gasteiger partial charge is 0.483 e. The van der Waals surface area contributed by atoms with Gasteiger partial charge in [0.15, 0.2) is 11.6 Å². The first kappa shape index (κ1) is 22.5. The number of rotatable bonds is 5. The van der Waals surface area contributed by atoms with Crippen molar-refractivity contribution in [2.45, 2.75) is 32.0 Å². The van der Waals surface area contributed by atoms with Crippen molar-refractivity contribution in [2.75, 3.05) is 13.1 Å². The van der Waals surface area contributed by atoms with Gasteiger partial charge in [-0.1, -0.05) is 0 Å². The molecule has 3 aromatic rings. The van der Waals surface area contributed by atoms with Crippen molar-refractivity contribution >= 4 is 12.2 Å². The van der Waals surface area contributed by atoms with Crippen LogP contribution in [0.2, 0.25) is 0 Å². The highest BCUT2D eigenvalue weighted by atomic mass is 19.1. The van der Waals surface area contributed by atoms with Crippen LogP contribution in [0.5, 0.6) is 5.75 Å². The van der Waals surface area contributed by atoms with Crippen LogP contribution in [0.15, 0.2) is 47.8 Å². The van der Waals surface area contributed by atoms with E-state index in [-0.39, 0.29) is 30.4 Å². The summed E-state index contributed by atoms with van der Waals surface area (Å²) in [6, 6.07) is 8.37. The van der Waals surface area contributed by atoms with E-state index >= 15 is 0 Å². The zero-order chi connectivity index (χ0) is 24.5. The Morgan fingerprint density at radius 2 is 2.09 bits per heavy atom. The van der Waals surface area contributed by atoms with Crippen molar-refractivity contribution < 1.29 is 18.3 Å². The summed E-state index contributed by atoms with van der Waals surface area (Å²) in [7, 11) is 0. The predicted molar refractivity (Wildman–Crippen MR) is 121 cm³/mol. The summed E-state index contributed by atoms with van der Waals surface area (Å²) in [5.41, 5.74) is 1.96. The van der Waals surface area contributed by atoms with Crippen LogP contribution < -0.4 is 4.74 Å². The number of amides is 2. The number of urea groups is 1. The zero-order valence-electron chi connectivity index (χ0n) is 18.8. The molecule has 1 aromatic carbocycles. The third kappa shape index (κ3) is 4.30. The molecule has 0 bridgehead atoms. The van der Waals surface area contributed by atoms with Crippen molar-refractivity contribution in [1.29, 1.82) is 5.26 Å². The monoisotopic (exact) mass is 477 g/mol. The molecule has 2 aliphatic heterocycles. The number of carbonyl (C=O) groups is 1. The van der Waals surface area contributed by atoms with E-state index in [4.69, 9.17) is 10.00 Å². The molecule has 0 spiro atoms. The fourth-order valence-corrected chi connectivity index (χ4v) is 4.19. The normalized spacial score (nSPS) is 17.4. The van der Waals surface area contributed by atoms with Gasteiger partial charge in [-0.3, -0.25) is 9.67 Å². The molecule has 0 N–H and O–H groups in total. The molecule has 2 aromatic heterocycles. The first-order valence-electron chi connectivity index (χ1n) is 11.1. The third-order valence-corrected chi connectivity index (χ3v) is 5.97. The van der Waals surface area contributed by atoms with Gasteiger partial charge in [-0.25, -0.2) is 18.6 Å². The molecule has 0 aliphatic carbocycles. The Morgan fingerprint density at radius 3 is 2.86 bits per heavy atom. The van der Waals surface area contributed by atoms with Crippen LogP contribution in [0, 0.1) is 23.0 Å². The molecule has 2 amide bonds. The maximum atomic E-state index is 14.4. The van der Waals surface area contributed by atoms with Gasteiger partial charge in [0.05, 0.1) is 48.3 Å². The van der Waals surface area contributed by atoms with E-state index in [1.807, 2.05) is 13.0 Å². The number of hydrazone groups is 1. The number of hydrogen-bond acceptors (Lipinski definition) is 6. The highest BCUT2D eigenvalue weighted by molar-refractivity contribution is 5.79. The number of halogens is 2. The fourth-order valence-electron chi connectivity index (χ4n) is 4.19. The zero-order valence-corrected chi connectivity index (χ0v) is 18.8. The fraction of sp³-hybridized carbons (Fsp3) is 0.292. The Bertz CT molecular complexity index is 1340. The number of carbonyl (C=O) groups excluding carboxylic acids is 1. The molecular formula is C24H21F2N7O2. The smallest absolute Gasteiger partial charge is 0.341 e. The minimum Gasteiger partial charge on any atom is -0.483 e. The lowest BCUT2D eigenvalue weighted by Crippen LogP contribution is -2.58. The number of nitriles is 1. The second-order valence-corrected chi connectivity index (χ2v) is 8.24. The Hall–Kier alpha value is -4.33. The van der Waals surface area contributed by atoms with Gasteiger partial charge in [-0.05, 0) is 36.8 Å². The molecule has 9 nitrogen and oxygen atoms in total. The molecule has 2 aliphatic rings. The summed E-state index contributed by atoms with van der Waals surface area (Å²) in [6.07, 6.45) is 4.36. The highest BCUT2D eigenvalue weighted by Crippen LogP contribution is 2.32. The molecule has 0 unspecified atom stereocenters. The predicted octanol–water partition coefficient (Wildman–Crippen LogP) is 3.73. The molecule has 35 heavy (non-hydrogen) atoms. The van der Waals surface area contributed by atoms with E-state index in [0.717, 1.165) is 18.0 Å². The number of hydrogen-bond donors (Lipinski definition) is 0. The van der Waals surface area contributed by atoms with Crippen LogP contribution in [-0.4, -0.2) is 56.1 Å². The number of aryl methyl sites for hydroxylation is 1. The Balaban J connectivity index is 1.25. The van der Waals surface area contributed by atoms with Crippen LogP contribution in [0.25, 0.3) is 11.4 Å². The maximum absolute atomic E-state index is 14.4. The average Bonchev–Trinajstić information content (AvgIpc) is 3.51. The molecule has 4 heterocycles. The molecule has 178 valence electrons. The summed E-state index contributed by atoms with van der Waals surface area (Å²) in [6.45, 7) is 3.08. The van der Waals surface area contributed by atoms with Gasteiger partial charge in [0.25, 0.3) is 0 Å². The standard InChI is InChI=1S/C24H21F2N7O2/c1-2-32-22(4-5-29-32)20-10-23(19(26)12-28-20)35-18-13-31(14-18)24(34)33-21(3-6-30-33)16-7-15(11-27)8-17(25)9-16/h4-10,12,18,21H,2-3,13-14H2,1H3/t21-/m0/s1. The van der Waals surface area contributed by atoms with Gasteiger partial charge in [0.2, 0.25) is 0 Å². The van der Waals surface area contributed by atoms with Crippen molar-refractivity contribution in [3.8, 4) is 23.2 Å². The van der Waals surface area contributed by atoms with E-state index < -0.39 is 23.8 Å². The number of aromatic nitrogens is 3. The lowest BCUT2D eigenvalue weighted by Gasteiger charge is -2.41. The van der Waals surface area contributed by atoms with E-state index in [1.165, 1.54) is 22.0 Å². The molecule has 11 heteroatoms. The minimum absolute atomic E-state index is 0.0526. The number of likely N-dealkylation sites (tertiary alicyclic amines) is 1. The number of nitrogens with zero attached hydrogens (tertiary/aromatic N) is 7. The van der Waals surface area contributed by atoms with Gasteiger partial charge in [-0.15, -0.1) is 0 Å². The van der Waals surface area contributed by atoms with Crippen molar-refractivity contribution in [3.63, 3.8) is 0 Å². The van der Waals surface area contributed by atoms with Crippen LogP contribution in [-0.2, 0) is 6.54 Å². The second kappa shape index (κ2) is 9.13. The van der Waals surface area contributed by atoms with E-state index in [1.54, 1.807) is 29.2 Å². The second-order valence-electron chi connectivity index (χ2n) is 8.24. The lowest BCUT2D eigenvalue weighted by atomic mass is 10.0. The van der Waals surface area contributed by atoms with Crippen LogP contribution in [0.1, 0.15) is 30.5 Å². The Labute approximate surface area is 199 Å². The summed E-state index contributed by atoms with van der Waals surface area (Å²) < 4.78 is 35.9. The van der Waals surface area contributed by atoms with Gasteiger partial charge < -0.3 is 9.64 Å². The number of benzene rings is 1. The molecule has 1 atom stereocenters. The first-order valence-corrected chi connectivity index (χ1v) is 11.1. The average molecular weight is 477 g/mol. The van der Waals surface area contributed by atoms with E-state index in [2.05, 4.69) is 15.2 Å². The van der Waals surface area contributed by atoms with Crippen molar-refractivity contribution in [2.24, 2.45) is 5.10 Å². The summed E-state index contributed by atoms with van der Waals surface area (Å²) in [5.74, 6) is -1.09. The van der Waals surface area contributed by atoms with E-state index in [9.17, 15) is 13.6 Å². The topological polar surface area (TPSA) is 99.6 Å². The molecule has 1 fully saturated rings. The number of pyridine rings is 1. The van der Waals surface area contributed by atoms with Crippen LogP contribution >= 0.6 is 0 Å². The van der Waals surface area contributed by atoms with Gasteiger partial charge >= 0.3 is 6.03 Å². The van der Waals surface area contributed by atoms with Gasteiger partial charge in [-0.2, -0.15) is 15.5 Å². The Morgan fingerprint density at radius 1 is 1.26 bits per heavy atom. The maximum Gasteiger partial charge on any atom is 0.341 e. The molecular weight excluding hydrogens is 456 g/mol. The summed E-state index contributed by atoms with van der Waals surface area (Å²) >= 11 is 0. The van der Waals surface area contributed by atoms with Crippen LogP contribution in [0.4, 0.5) is 13.6 Å². The van der Waals surface area contributed by atoms with Gasteiger partial charge in [0, 0.05) is 31.4 Å². The summed E-state index contributed by atoms with van der Waals surface area (Å²) in [4.78, 5) is 18.7. The molecule has 0 radical (unpaired) electrons. The third-order valence-electron chi connectivity index (χ3n) is 5.97. The molecule has 1 saturated heterocycles. The minimum atomic E-state index is -0.593. The SMILES string of the molecule is CCn1nccc1-c1cc(OC2CN(C(=O)N3N=CC[C@H]3c3cc(F)cc(C#N)c3)C2)c(F)cn1. The molecule has 5 rings (SSSR count).